The number of fused-ring (bicyclic) bond motifs is 2. The summed E-state index contributed by atoms with van der Waals surface area (Å²) in [5.74, 6) is 0. The summed E-state index contributed by atoms with van der Waals surface area (Å²) in [6.45, 7) is 1.86. The van der Waals surface area contributed by atoms with Crippen LogP contribution in [0.4, 0.5) is 5.69 Å². The predicted octanol–water partition coefficient (Wildman–Crippen LogP) is 4.02. The van der Waals surface area contributed by atoms with Gasteiger partial charge in [0.25, 0.3) is 0 Å². The molecule has 2 aromatic carbocycles. The highest BCUT2D eigenvalue weighted by atomic mass is 32.1. The lowest BCUT2D eigenvalue weighted by molar-refractivity contribution is 0.556. The van der Waals surface area contributed by atoms with Crippen molar-refractivity contribution in [2.75, 3.05) is 12.4 Å². The molecule has 0 amide bonds. The highest BCUT2D eigenvalue weighted by Gasteiger charge is 2.11. The molecule has 5 heteroatoms. The number of pyridine rings is 1. The Morgan fingerprint density at radius 1 is 1.09 bits per heavy atom. The minimum Gasteiger partial charge on any atom is -0.330 e. The molecule has 0 spiro atoms. The second kappa shape index (κ2) is 6.07. The van der Waals surface area contributed by atoms with Crippen molar-refractivity contribution in [1.29, 1.82) is 0 Å². The van der Waals surface area contributed by atoms with Crippen LogP contribution in [0.5, 0.6) is 0 Å². The molecule has 0 aliphatic carbocycles. The van der Waals surface area contributed by atoms with Crippen molar-refractivity contribution in [3.63, 3.8) is 0 Å². The summed E-state index contributed by atoms with van der Waals surface area (Å²) in [5.41, 5.74) is 2.84. The third-order valence-electron chi connectivity index (χ3n) is 3.40. The van der Waals surface area contributed by atoms with Crippen molar-refractivity contribution in [2.24, 2.45) is 5.10 Å². The molecule has 0 saturated heterocycles. The average molecular weight is 308 g/mol. The zero-order valence-electron chi connectivity index (χ0n) is 12.4. The van der Waals surface area contributed by atoms with Crippen LogP contribution < -0.4 is 5.32 Å². The number of hydrogen-bond donors (Lipinski definition) is 1. The molecule has 0 atom stereocenters. The maximum Gasteiger partial charge on any atom is 0.193 e. The molecule has 0 fully saturated rings. The molecule has 1 heterocycles. The summed E-state index contributed by atoms with van der Waals surface area (Å²) in [7, 11) is 1.82. The van der Waals surface area contributed by atoms with E-state index in [0.29, 0.717) is 5.11 Å². The lowest BCUT2D eigenvalue weighted by atomic mass is 10.1. The molecule has 0 saturated carbocycles. The van der Waals surface area contributed by atoms with Crippen LogP contribution >= 0.6 is 12.2 Å². The fourth-order valence-corrected chi connectivity index (χ4v) is 2.54. The molecule has 22 heavy (non-hydrogen) atoms. The van der Waals surface area contributed by atoms with E-state index in [9.17, 15) is 0 Å². The molecule has 0 aliphatic rings. The Hall–Kier alpha value is -2.53. The van der Waals surface area contributed by atoms with Gasteiger partial charge in [-0.05, 0) is 31.3 Å². The predicted molar refractivity (Wildman–Crippen MR) is 97.4 cm³/mol. The van der Waals surface area contributed by atoms with Crippen LogP contribution in [0.1, 0.15) is 6.92 Å². The number of para-hydroxylation sites is 2. The van der Waals surface area contributed by atoms with Crippen LogP contribution in [0.25, 0.3) is 21.8 Å². The second-order valence-electron chi connectivity index (χ2n) is 4.85. The Morgan fingerprint density at radius 2 is 1.64 bits per heavy atom. The van der Waals surface area contributed by atoms with Gasteiger partial charge >= 0.3 is 0 Å². The molecule has 0 aliphatic heterocycles. The maximum atomic E-state index is 5.43. The molecule has 0 radical (unpaired) electrons. The largest absolute Gasteiger partial charge is 0.330 e. The molecule has 0 bridgehead atoms. The Morgan fingerprint density at radius 3 is 2.18 bits per heavy atom. The number of rotatable bonds is 2. The highest BCUT2D eigenvalue weighted by Crippen LogP contribution is 2.30. The number of hydrazone groups is 1. The SMILES string of the molecule is C/C=N/N(C)C(=S)Nc1c2ccccc2nc2ccccc12. The molecule has 1 N–H and O–H groups in total. The highest BCUT2D eigenvalue weighted by molar-refractivity contribution is 7.80. The van der Waals surface area contributed by atoms with Crippen LogP contribution in [0.2, 0.25) is 0 Å². The summed E-state index contributed by atoms with van der Waals surface area (Å²) >= 11 is 5.43. The fraction of sp³-hybridized carbons (Fsp3) is 0.118. The topological polar surface area (TPSA) is 40.5 Å². The molecule has 4 nitrogen and oxygen atoms in total. The van der Waals surface area contributed by atoms with Gasteiger partial charge in [-0.3, -0.25) is 0 Å². The monoisotopic (exact) mass is 308 g/mol. The van der Waals surface area contributed by atoms with Crippen LogP contribution in [0, 0.1) is 0 Å². The van der Waals surface area contributed by atoms with Gasteiger partial charge in [0.1, 0.15) is 0 Å². The number of hydrogen-bond acceptors (Lipinski definition) is 3. The summed E-state index contributed by atoms with van der Waals surface area (Å²) in [6, 6.07) is 16.1. The second-order valence-corrected chi connectivity index (χ2v) is 5.24. The summed E-state index contributed by atoms with van der Waals surface area (Å²) in [6.07, 6.45) is 1.71. The van der Waals surface area contributed by atoms with Crippen molar-refractivity contribution in [1.82, 2.24) is 9.99 Å². The minimum atomic E-state index is 0.541. The molecule has 3 aromatic rings. The van der Waals surface area contributed by atoms with Gasteiger partial charge in [0.2, 0.25) is 0 Å². The van der Waals surface area contributed by atoms with Crippen LogP contribution in [0.3, 0.4) is 0 Å². The van der Waals surface area contributed by atoms with Gasteiger partial charge in [-0.2, -0.15) is 5.10 Å². The van der Waals surface area contributed by atoms with Crippen molar-refractivity contribution in [3.8, 4) is 0 Å². The van der Waals surface area contributed by atoms with Gasteiger partial charge in [-0.1, -0.05) is 36.4 Å². The van der Waals surface area contributed by atoms with E-state index in [0.717, 1.165) is 27.5 Å². The molecule has 0 unspecified atom stereocenters. The summed E-state index contributed by atoms with van der Waals surface area (Å²) in [5, 5.41) is 11.7. The van der Waals surface area contributed by atoms with E-state index < -0.39 is 0 Å². The Balaban J connectivity index is 2.18. The van der Waals surface area contributed by atoms with E-state index in [2.05, 4.69) is 10.4 Å². The first-order chi connectivity index (χ1) is 10.7. The first kappa shape index (κ1) is 14.4. The number of benzene rings is 2. The molecular weight excluding hydrogens is 292 g/mol. The molecule has 1 aromatic heterocycles. The molecule has 3 rings (SSSR count). The van der Waals surface area contributed by atoms with Gasteiger partial charge in [-0.15, -0.1) is 0 Å². The minimum absolute atomic E-state index is 0.541. The van der Waals surface area contributed by atoms with E-state index >= 15 is 0 Å². The Kier molecular flexibility index (Phi) is 3.98. The van der Waals surface area contributed by atoms with Gasteiger partial charge in [0, 0.05) is 24.0 Å². The normalized spacial score (nSPS) is 11.2. The first-order valence-electron chi connectivity index (χ1n) is 7.01. The average Bonchev–Trinajstić information content (AvgIpc) is 2.54. The van der Waals surface area contributed by atoms with E-state index in [1.807, 2.05) is 62.5 Å². The molecule has 110 valence electrons. The van der Waals surface area contributed by atoms with E-state index in [4.69, 9.17) is 17.2 Å². The third-order valence-corrected chi connectivity index (χ3v) is 3.77. The molecular formula is C17H16N4S. The van der Waals surface area contributed by atoms with Crippen LogP contribution in [0.15, 0.2) is 53.6 Å². The maximum absolute atomic E-state index is 5.43. The van der Waals surface area contributed by atoms with Gasteiger partial charge in [0.15, 0.2) is 5.11 Å². The van der Waals surface area contributed by atoms with Gasteiger partial charge < -0.3 is 5.32 Å². The standard InChI is InChI=1S/C17H16N4S/c1-3-18-21(2)17(22)20-16-12-8-4-6-10-14(12)19-15-11-7-5-9-13(15)16/h3-11H,1-2H3,(H,19,20,22)/b18-3+. The van der Waals surface area contributed by atoms with Crippen molar-refractivity contribution in [2.45, 2.75) is 6.92 Å². The van der Waals surface area contributed by atoms with Crippen LogP contribution in [-0.2, 0) is 0 Å². The quantitative estimate of drug-likeness (QED) is 0.336. The Bertz CT molecular complexity index is 819. The number of thiocarbonyl (C=S) groups is 1. The van der Waals surface area contributed by atoms with Crippen molar-refractivity contribution < 1.29 is 0 Å². The van der Waals surface area contributed by atoms with E-state index in [1.165, 1.54) is 0 Å². The number of anilines is 1. The summed E-state index contributed by atoms with van der Waals surface area (Å²) in [4.78, 5) is 4.70. The zero-order valence-corrected chi connectivity index (χ0v) is 13.3. The van der Waals surface area contributed by atoms with Crippen LogP contribution in [-0.4, -0.2) is 28.4 Å². The van der Waals surface area contributed by atoms with Gasteiger partial charge in [-0.25, -0.2) is 9.99 Å². The number of nitrogens with one attached hydrogen (secondary N) is 1. The van der Waals surface area contributed by atoms with E-state index in [-0.39, 0.29) is 0 Å². The fourth-order valence-electron chi connectivity index (χ4n) is 2.39. The van der Waals surface area contributed by atoms with E-state index in [1.54, 1.807) is 11.2 Å². The smallest absolute Gasteiger partial charge is 0.193 e. The lowest BCUT2D eigenvalue weighted by Crippen LogP contribution is -2.26. The van der Waals surface area contributed by atoms with Crippen molar-refractivity contribution >= 4 is 51.0 Å². The zero-order chi connectivity index (χ0) is 15.5. The Labute approximate surface area is 134 Å². The summed E-state index contributed by atoms with van der Waals surface area (Å²) < 4.78 is 0. The first-order valence-corrected chi connectivity index (χ1v) is 7.42. The number of aromatic nitrogens is 1. The lowest BCUT2D eigenvalue weighted by Gasteiger charge is -2.18. The van der Waals surface area contributed by atoms with Crippen molar-refractivity contribution in [3.05, 3.63) is 48.5 Å². The third kappa shape index (κ3) is 2.63. The number of nitrogens with zero attached hydrogens (tertiary/aromatic N) is 3. The van der Waals surface area contributed by atoms with Gasteiger partial charge in [0.05, 0.1) is 16.7 Å².